The molecular formula is C15H22Br2N2O2. The van der Waals surface area contributed by atoms with Crippen molar-refractivity contribution in [3.8, 4) is 5.75 Å². The van der Waals surface area contributed by atoms with E-state index >= 15 is 0 Å². The van der Waals surface area contributed by atoms with Gasteiger partial charge in [0.15, 0.2) is 0 Å². The Morgan fingerprint density at radius 1 is 1.24 bits per heavy atom. The van der Waals surface area contributed by atoms with Gasteiger partial charge in [-0.05, 0) is 57.7 Å². The van der Waals surface area contributed by atoms with Crippen LogP contribution in [0.25, 0.3) is 0 Å². The summed E-state index contributed by atoms with van der Waals surface area (Å²) in [5.41, 5.74) is 0.822. The van der Waals surface area contributed by atoms with Crippen LogP contribution in [0.4, 0.5) is 5.69 Å². The number of methoxy groups -OCH3 is 1. The van der Waals surface area contributed by atoms with Gasteiger partial charge in [-0.15, -0.1) is 0 Å². The van der Waals surface area contributed by atoms with Crippen molar-refractivity contribution in [1.82, 2.24) is 5.32 Å². The lowest BCUT2D eigenvalue weighted by atomic mass is 10.1. The minimum Gasteiger partial charge on any atom is -0.495 e. The first-order valence-corrected chi connectivity index (χ1v) is 8.61. The number of rotatable bonds is 7. The summed E-state index contributed by atoms with van der Waals surface area (Å²) in [6.45, 7) is 5.99. The molecule has 0 heterocycles. The number of anilines is 1. The van der Waals surface area contributed by atoms with Crippen molar-refractivity contribution in [2.75, 3.05) is 12.4 Å². The van der Waals surface area contributed by atoms with Gasteiger partial charge in [0.1, 0.15) is 11.8 Å². The first-order chi connectivity index (χ1) is 9.92. The van der Waals surface area contributed by atoms with Crippen LogP contribution in [0, 0.1) is 0 Å². The zero-order valence-electron chi connectivity index (χ0n) is 12.8. The van der Waals surface area contributed by atoms with E-state index in [1.54, 1.807) is 7.11 Å². The fraction of sp³-hybridized carbons (Fsp3) is 0.533. The molecule has 1 amide bonds. The van der Waals surface area contributed by atoms with E-state index in [4.69, 9.17) is 4.74 Å². The van der Waals surface area contributed by atoms with Gasteiger partial charge < -0.3 is 15.4 Å². The zero-order valence-corrected chi connectivity index (χ0v) is 16.0. The lowest BCUT2D eigenvalue weighted by Gasteiger charge is -2.21. The second kappa shape index (κ2) is 8.63. The van der Waals surface area contributed by atoms with E-state index in [-0.39, 0.29) is 18.0 Å². The van der Waals surface area contributed by atoms with Crippen LogP contribution < -0.4 is 15.4 Å². The molecule has 0 saturated heterocycles. The van der Waals surface area contributed by atoms with Crippen molar-refractivity contribution >= 4 is 43.5 Å². The van der Waals surface area contributed by atoms with Gasteiger partial charge in [-0.2, -0.15) is 0 Å². The van der Waals surface area contributed by atoms with E-state index in [9.17, 15) is 4.79 Å². The molecule has 118 valence electrons. The van der Waals surface area contributed by atoms with Crippen LogP contribution in [0.15, 0.2) is 21.1 Å². The number of hydrogen-bond acceptors (Lipinski definition) is 3. The molecule has 0 aliphatic carbocycles. The Kier molecular flexibility index (Phi) is 7.52. The van der Waals surface area contributed by atoms with E-state index in [0.29, 0.717) is 5.75 Å². The van der Waals surface area contributed by atoms with E-state index in [1.807, 2.05) is 19.1 Å². The Morgan fingerprint density at radius 2 is 1.86 bits per heavy atom. The van der Waals surface area contributed by atoms with E-state index in [1.165, 1.54) is 0 Å². The molecule has 0 aliphatic rings. The molecule has 1 unspecified atom stereocenters. The first-order valence-electron chi connectivity index (χ1n) is 7.02. The van der Waals surface area contributed by atoms with Crippen LogP contribution >= 0.6 is 31.9 Å². The molecule has 4 nitrogen and oxygen atoms in total. The summed E-state index contributed by atoms with van der Waals surface area (Å²) in [7, 11) is 1.61. The number of carbonyl (C=O) groups excluding carboxylic acids is 1. The fourth-order valence-corrected chi connectivity index (χ4v) is 3.18. The van der Waals surface area contributed by atoms with Crippen molar-refractivity contribution in [2.24, 2.45) is 0 Å². The second-order valence-electron chi connectivity index (χ2n) is 4.85. The number of hydrogen-bond donors (Lipinski definition) is 2. The summed E-state index contributed by atoms with van der Waals surface area (Å²) in [4.78, 5) is 12.2. The molecule has 2 N–H and O–H groups in total. The van der Waals surface area contributed by atoms with Crippen LogP contribution in [-0.2, 0) is 4.79 Å². The van der Waals surface area contributed by atoms with Crippen LogP contribution in [-0.4, -0.2) is 25.1 Å². The number of benzene rings is 1. The molecule has 0 aromatic heterocycles. The third kappa shape index (κ3) is 5.18. The molecule has 6 heteroatoms. The van der Waals surface area contributed by atoms with Crippen molar-refractivity contribution in [1.29, 1.82) is 0 Å². The number of halogens is 2. The molecular weight excluding hydrogens is 400 g/mol. The summed E-state index contributed by atoms with van der Waals surface area (Å²) in [5, 5.41) is 6.24. The Morgan fingerprint density at radius 3 is 2.38 bits per heavy atom. The van der Waals surface area contributed by atoms with E-state index in [0.717, 1.165) is 27.5 Å². The molecule has 1 aromatic rings. The average Bonchev–Trinajstić information content (AvgIpc) is 2.47. The highest BCUT2D eigenvalue weighted by molar-refractivity contribution is 9.11. The van der Waals surface area contributed by atoms with Gasteiger partial charge in [0.25, 0.3) is 0 Å². The van der Waals surface area contributed by atoms with Gasteiger partial charge in [-0.25, -0.2) is 0 Å². The van der Waals surface area contributed by atoms with Gasteiger partial charge in [0.05, 0.1) is 17.3 Å². The maximum atomic E-state index is 12.2. The van der Waals surface area contributed by atoms with Crippen molar-refractivity contribution in [3.05, 3.63) is 21.1 Å². The second-order valence-corrected chi connectivity index (χ2v) is 6.56. The van der Waals surface area contributed by atoms with Crippen LogP contribution in [0.2, 0.25) is 0 Å². The van der Waals surface area contributed by atoms with Gasteiger partial charge >= 0.3 is 0 Å². The molecule has 0 aliphatic heterocycles. The minimum atomic E-state index is -0.326. The van der Waals surface area contributed by atoms with Crippen LogP contribution in [0.3, 0.4) is 0 Å². The number of nitrogens with one attached hydrogen (secondary N) is 2. The molecule has 0 bridgehead atoms. The molecule has 0 spiro atoms. The minimum absolute atomic E-state index is 0.00233. The number of ether oxygens (including phenoxy) is 1. The van der Waals surface area contributed by atoms with Gasteiger partial charge in [-0.1, -0.05) is 13.8 Å². The summed E-state index contributed by atoms with van der Waals surface area (Å²) in [6, 6.07) is 3.65. The molecule has 0 radical (unpaired) electrons. The van der Waals surface area contributed by atoms with Gasteiger partial charge in [-0.3, -0.25) is 4.79 Å². The molecule has 0 fully saturated rings. The van der Waals surface area contributed by atoms with Crippen molar-refractivity contribution in [2.45, 2.75) is 45.7 Å². The van der Waals surface area contributed by atoms with Crippen LogP contribution in [0.5, 0.6) is 5.75 Å². The normalized spacial score (nSPS) is 12.1. The number of carbonyl (C=O) groups is 1. The number of amides is 1. The summed E-state index contributed by atoms with van der Waals surface area (Å²) in [6.07, 6.45) is 1.87. The quantitative estimate of drug-likeness (QED) is 0.688. The van der Waals surface area contributed by atoms with E-state index < -0.39 is 0 Å². The highest BCUT2D eigenvalue weighted by atomic mass is 79.9. The third-order valence-electron chi connectivity index (χ3n) is 3.34. The van der Waals surface area contributed by atoms with Gasteiger partial charge in [0, 0.05) is 16.6 Å². The van der Waals surface area contributed by atoms with Crippen LogP contribution in [0.1, 0.15) is 33.6 Å². The summed E-state index contributed by atoms with van der Waals surface area (Å²) < 4.78 is 7.00. The lowest BCUT2D eigenvalue weighted by Crippen LogP contribution is -2.42. The van der Waals surface area contributed by atoms with Crippen molar-refractivity contribution < 1.29 is 9.53 Å². The zero-order chi connectivity index (χ0) is 16.0. The summed E-state index contributed by atoms with van der Waals surface area (Å²) in [5.74, 6) is 0.714. The highest BCUT2D eigenvalue weighted by Crippen LogP contribution is 2.34. The Hall–Kier alpha value is -0.750. The first kappa shape index (κ1) is 18.3. The smallest absolute Gasteiger partial charge is 0.242 e. The maximum Gasteiger partial charge on any atom is 0.242 e. The molecule has 21 heavy (non-hydrogen) atoms. The van der Waals surface area contributed by atoms with Crippen molar-refractivity contribution in [3.63, 3.8) is 0 Å². The topological polar surface area (TPSA) is 50.4 Å². The average molecular weight is 422 g/mol. The molecule has 0 saturated carbocycles. The Bertz CT molecular complexity index is 491. The standard InChI is InChI=1S/C15H22Br2N2O2/c1-5-10(6-2)19-15(20)9(3)18-13-8-14(21-4)12(17)7-11(13)16/h7-10,18H,5-6H2,1-4H3,(H,19,20). The third-order valence-corrected chi connectivity index (χ3v) is 4.61. The Balaban J connectivity index is 2.78. The Labute approximate surface area is 143 Å². The highest BCUT2D eigenvalue weighted by Gasteiger charge is 2.17. The van der Waals surface area contributed by atoms with E-state index in [2.05, 4.69) is 56.3 Å². The predicted octanol–water partition coefficient (Wildman–Crippen LogP) is 4.33. The largest absolute Gasteiger partial charge is 0.495 e. The molecule has 1 atom stereocenters. The molecule has 1 aromatic carbocycles. The maximum absolute atomic E-state index is 12.2. The SMILES string of the molecule is CCC(CC)NC(=O)C(C)Nc1cc(OC)c(Br)cc1Br. The molecule has 1 rings (SSSR count). The predicted molar refractivity (Wildman–Crippen MR) is 94.0 cm³/mol. The summed E-state index contributed by atoms with van der Waals surface area (Å²) >= 11 is 6.91. The van der Waals surface area contributed by atoms with Gasteiger partial charge in [0.2, 0.25) is 5.91 Å². The fourth-order valence-electron chi connectivity index (χ4n) is 1.91. The lowest BCUT2D eigenvalue weighted by molar-refractivity contribution is -0.122. The monoisotopic (exact) mass is 420 g/mol.